The van der Waals surface area contributed by atoms with Crippen LogP contribution in [0, 0.1) is 35.3 Å². The quantitative estimate of drug-likeness (QED) is 0.167. The van der Waals surface area contributed by atoms with Crippen LogP contribution in [-0.2, 0) is 6.61 Å². The molecule has 1 amide bonds. The lowest BCUT2D eigenvalue weighted by Crippen LogP contribution is -2.46. The zero-order valence-corrected chi connectivity index (χ0v) is 25.7. The molecule has 1 saturated carbocycles. The van der Waals surface area contributed by atoms with Crippen molar-refractivity contribution in [2.24, 2.45) is 27.0 Å². The number of rotatable bonds is 11. The first-order chi connectivity index (χ1) is 20.4. The fraction of sp³-hybridized carbons (Fsp3) is 0.424. The summed E-state index contributed by atoms with van der Waals surface area (Å²) in [6, 6.07) is 10.7. The highest BCUT2D eigenvalue weighted by Crippen LogP contribution is 2.58. The molecule has 1 fully saturated rings. The first-order valence-corrected chi connectivity index (χ1v) is 14.4. The van der Waals surface area contributed by atoms with Crippen molar-refractivity contribution in [2.75, 3.05) is 20.1 Å². The third-order valence-corrected chi connectivity index (χ3v) is 8.86. The van der Waals surface area contributed by atoms with Gasteiger partial charge in [-0.25, -0.2) is 8.78 Å². The van der Waals surface area contributed by atoms with Gasteiger partial charge in [0.1, 0.15) is 17.4 Å². The van der Waals surface area contributed by atoms with Crippen LogP contribution in [0.1, 0.15) is 68.2 Å². The Morgan fingerprint density at radius 2 is 1.86 bits per heavy atom. The summed E-state index contributed by atoms with van der Waals surface area (Å²) in [5.74, 6) is 0.0320. The van der Waals surface area contributed by atoms with Gasteiger partial charge in [0.25, 0.3) is 5.91 Å². The molecule has 1 aromatic heterocycles. The predicted molar refractivity (Wildman–Crippen MR) is 160 cm³/mol. The van der Waals surface area contributed by atoms with Gasteiger partial charge in [0.05, 0.1) is 11.3 Å². The van der Waals surface area contributed by atoms with Crippen molar-refractivity contribution in [3.05, 3.63) is 95.2 Å². The highest BCUT2D eigenvalue weighted by atomic mass is 19.1. The van der Waals surface area contributed by atoms with Crippen LogP contribution in [0.15, 0.2) is 75.4 Å². The number of benzene rings is 2. The lowest BCUT2D eigenvalue weighted by atomic mass is 9.64. The summed E-state index contributed by atoms with van der Waals surface area (Å²) in [6.07, 6.45) is 3.30. The van der Waals surface area contributed by atoms with E-state index < -0.39 is 11.6 Å². The maximum Gasteiger partial charge on any atom is 0.253 e. The SMILES string of the molecule is C=C(/C=C(\N=NC)c1c(F)cccc1F)[C@@H]1CC[C@@](C)(CN(CC)C(=O)c2ccc(OCc3noc(C)n3)cc2)C1(C)C. The van der Waals surface area contributed by atoms with Crippen molar-refractivity contribution < 1.29 is 22.8 Å². The van der Waals surface area contributed by atoms with Gasteiger partial charge in [-0.2, -0.15) is 15.2 Å². The van der Waals surface area contributed by atoms with Crippen molar-refractivity contribution in [1.29, 1.82) is 0 Å². The zero-order chi connectivity index (χ0) is 31.4. The molecular formula is C33H39F2N5O3. The number of hydrogen-bond acceptors (Lipinski definition) is 7. The van der Waals surface area contributed by atoms with Gasteiger partial charge >= 0.3 is 0 Å². The molecule has 4 rings (SSSR count). The van der Waals surface area contributed by atoms with E-state index in [-0.39, 0.29) is 40.5 Å². The van der Waals surface area contributed by atoms with Gasteiger partial charge in [0.2, 0.25) is 11.7 Å². The van der Waals surface area contributed by atoms with E-state index in [0.29, 0.717) is 36.1 Å². The maximum atomic E-state index is 14.6. The average molecular weight is 592 g/mol. The number of allylic oxidation sites excluding steroid dienone is 2. The lowest BCUT2D eigenvalue weighted by molar-refractivity contribution is 0.0421. The fourth-order valence-corrected chi connectivity index (χ4v) is 5.95. The van der Waals surface area contributed by atoms with E-state index in [4.69, 9.17) is 9.26 Å². The first-order valence-electron chi connectivity index (χ1n) is 14.4. The van der Waals surface area contributed by atoms with Crippen LogP contribution in [0.25, 0.3) is 5.70 Å². The number of aromatic nitrogens is 2. The Kier molecular flexibility index (Phi) is 9.57. The minimum Gasteiger partial charge on any atom is -0.485 e. The van der Waals surface area contributed by atoms with Gasteiger partial charge in [-0.05, 0) is 84.6 Å². The highest BCUT2D eigenvalue weighted by molar-refractivity contribution is 5.94. The zero-order valence-electron chi connectivity index (χ0n) is 25.7. The number of amides is 1. The number of azo groups is 1. The standard InChI is InChI=1S/C33H39F2N5O3/c1-8-40(31(41)23-12-14-24(15-13-23)42-19-29-37-22(3)43-39-29)20-33(6)17-16-25(32(33,4)5)21(2)18-28(38-36-7)30-26(34)10-9-11-27(30)35/h9-15,18,25H,2,8,16-17,19-20H2,1,3-7H3/b28-18-,38-36?/t25-,33-/m0/s1. The summed E-state index contributed by atoms with van der Waals surface area (Å²) in [7, 11) is 1.46. The number of halogens is 2. The molecule has 0 bridgehead atoms. The molecule has 0 radical (unpaired) electrons. The van der Waals surface area contributed by atoms with Gasteiger partial charge in [0, 0.05) is 32.6 Å². The molecule has 228 valence electrons. The predicted octanol–water partition coefficient (Wildman–Crippen LogP) is 7.82. The summed E-state index contributed by atoms with van der Waals surface area (Å²) in [5.41, 5.74) is 0.618. The molecule has 0 spiro atoms. The largest absolute Gasteiger partial charge is 0.485 e. The Bertz CT molecular complexity index is 1510. The Balaban J connectivity index is 1.48. The summed E-state index contributed by atoms with van der Waals surface area (Å²) in [4.78, 5) is 19.6. The van der Waals surface area contributed by atoms with Gasteiger partial charge in [-0.3, -0.25) is 4.79 Å². The normalized spacial score (nSPS) is 20.0. The molecule has 43 heavy (non-hydrogen) atoms. The van der Waals surface area contributed by atoms with Crippen LogP contribution in [0.3, 0.4) is 0 Å². The van der Waals surface area contributed by atoms with E-state index in [1.807, 2.05) is 11.8 Å². The maximum absolute atomic E-state index is 14.6. The summed E-state index contributed by atoms with van der Waals surface area (Å²) in [6.45, 7) is 15.8. The second kappa shape index (κ2) is 13.0. The van der Waals surface area contributed by atoms with Gasteiger partial charge < -0.3 is 14.2 Å². The minimum absolute atomic E-state index is 0.00243. The number of carbonyl (C=O) groups excluding carboxylic acids is 1. The van der Waals surface area contributed by atoms with Crippen LogP contribution in [0.5, 0.6) is 5.75 Å². The molecular weight excluding hydrogens is 552 g/mol. The number of nitrogens with zero attached hydrogens (tertiary/aromatic N) is 5. The molecule has 1 heterocycles. The van der Waals surface area contributed by atoms with Crippen LogP contribution >= 0.6 is 0 Å². The monoisotopic (exact) mass is 591 g/mol. The average Bonchev–Trinajstić information content (AvgIpc) is 3.49. The Morgan fingerprint density at radius 3 is 2.44 bits per heavy atom. The number of hydrogen-bond donors (Lipinski definition) is 0. The minimum atomic E-state index is -0.708. The highest BCUT2D eigenvalue weighted by Gasteiger charge is 2.52. The molecule has 8 nitrogen and oxygen atoms in total. The van der Waals surface area contributed by atoms with Crippen molar-refractivity contribution >= 4 is 11.6 Å². The van der Waals surface area contributed by atoms with Crippen LogP contribution in [0.4, 0.5) is 8.78 Å². The summed E-state index contributed by atoms with van der Waals surface area (Å²) < 4.78 is 39.9. The molecule has 2 aromatic carbocycles. The van der Waals surface area contributed by atoms with Crippen LogP contribution in [-0.4, -0.2) is 41.1 Å². The van der Waals surface area contributed by atoms with Crippen LogP contribution in [0.2, 0.25) is 0 Å². The molecule has 0 aliphatic heterocycles. The van der Waals surface area contributed by atoms with Crippen molar-refractivity contribution in [2.45, 2.75) is 54.1 Å². The van der Waals surface area contributed by atoms with E-state index in [1.54, 1.807) is 37.3 Å². The van der Waals surface area contributed by atoms with Gasteiger partial charge in [-0.1, -0.05) is 38.6 Å². The fourth-order valence-electron chi connectivity index (χ4n) is 5.95. The molecule has 2 atom stereocenters. The molecule has 1 aliphatic rings. The van der Waals surface area contributed by atoms with E-state index in [0.717, 1.165) is 18.4 Å². The number of carbonyl (C=O) groups is 1. The lowest BCUT2D eigenvalue weighted by Gasteiger charge is -2.45. The van der Waals surface area contributed by atoms with Crippen molar-refractivity contribution in [3.63, 3.8) is 0 Å². The second-order valence-electron chi connectivity index (χ2n) is 11.7. The number of ether oxygens (including phenoxy) is 1. The summed E-state index contributed by atoms with van der Waals surface area (Å²) >= 11 is 0. The van der Waals surface area contributed by atoms with Gasteiger partial charge in [0.15, 0.2) is 6.61 Å². The van der Waals surface area contributed by atoms with E-state index in [9.17, 15) is 13.6 Å². The molecule has 0 N–H and O–H groups in total. The van der Waals surface area contributed by atoms with E-state index >= 15 is 0 Å². The third-order valence-electron chi connectivity index (χ3n) is 8.86. The summed E-state index contributed by atoms with van der Waals surface area (Å²) in [5, 5.41) is 11.6. The molecule has 10 heteroatoms. The Hall–Kier alpha value is -4.21. The second-order valence-corrected chi connectivity index (χ2v) is 11.7. The molecule has 1 aliphatic carbocycles. The van der Waals surface area contributed by atoms with Crippen molar-refractivity contribution in [1.82, 2.24) is 15.0 Å². The van der Waals surface area contributed by atoms with E-state index in [2.05, 4.69) is 47.7 Å². The number of aryl methyl sites for hydroxylation is 1. The topological polar surface area (TPSA) is 93.2 Å². The van der Waals surface area contributed by atoms with Crippen molar-refractivity contribution in [3.8, 4) is 5.75 Å². The Labute approximate surface area is 251 Å². The third kappa shape index (κ3) is 6.73. The molecule has 0 saturated heterocycles. The van der Waals surface area contributed by atoms with E-state index in [1.165, 1.54) is 25.2 Å². The smallest absolute Gasteiger partial charge is 0.253 e. The van der Waals surface area contributed by atoms with Crippen LogP contribution < -0.4 is 4.74 Å². The molecule has 0 unspecified atom stereocenters. The first kappa shape index (κ1) is 31.7. The van der Waals surface area contributed by atoms with Gasteiger partial charge in [-0.15, -0.1) is 0 Å². The molecule has 3 aromatic rings. The Morgan fingerprint density at radius 1 is 1.19 bits per heavy atom.